The summed E-state index contributed by atoms with van der Waals surface area (Å²) in [5, 5.41) is 3.27. The fourth-order valence-corrected chi connectivity index (χ4v) is 4.46. The molecule has 1 amide bonds. The maximum absolute atomic E-state index is 13.0. The molecule has 10 heteroatoms. The van der Waals surface area contributed by atoms with E-state index >= 15 is 0 Å². The van der Waals surface area contributed by atoms with E-state index in [1.807, 2.05) is 0 Å². The lowest BCUT2D eigenvalue weighted by Crippen LogP contribution is -2.44. The van der Waals surface area contributed by atoms with Crippen LogP contribution >= 0.6 is 0 Å². The number of nitrogens with one attached hydrogen (secondary N) is 2. The summed E-state index contributed by atoms with van der Waals surface area (Å²) in [7, 11) is -3.50. The molecule has 0 aromatic heterocycles. The number of carbonyl (C=O) groups excluding carboxylic acids is 2. The van der Waals surface area contributed by atoms with E-state index in [1.54, 1.807) is 30.0 Å². The highest BCUT2D eigenvalue weighted by Gasteiger charge is 2.29. The Morgan fingerprint density at radius 2 is 1.83 bits per heavy atom. The fraction of sp³-hybridized carbons (Fsp3) is 0.600. The van der Waals surface area contributed by atoms with E-state index < -0.39 is 10.0 Å². The number of hydrogen-bond acceptors (Lipinski definition) is 7. The predicted molar refractivity (Wildman–Crippen MR) is 115 cm³/mol. The van der Waals surface area contributed by atoms with Gasteiger partial charge in [-0.05, 0) is 38.0 Å². The van der Waals surface area contributed by atoms with E-state index in [0.717, 1.165) is 38.1 Å². The number of piperidine rings is 1. The Bertz CT molecular complexity index is 875. The number of anilines is 2. The number of carbonyl (C=O) groups is 2. The van der Waals surface area contributed by atoms with E-state index in [4.69, 9.17) is 4.74 Å². The molecule has 3 rings (SSSR count). The van der Waals surface area contributed by atoms with Gasteiger partial charge in [0.15, 0.2) is 0 Å². The van der Waals surface area contributed by atoms with E-state index in [-0.39, 0.29) is 17.8 Å². The van der Waals surface area contributed by atoms with Gasteiger partial charge in [0, 0.05) is 44.8 Å². The van der Waals surface area contributed by atoms with Crippen LogP contribution in [-0.4, -0.2) is 77.3 Å². The number of amides is 1. The summed E-state index contributed by atoms with van der Waals surface area (Å²) >= 11 is 0. The van der Waals surface area contributed by atoms with Gasteiger partial charge >= 0.3 is 5.97 Å². The Morgan fingerprint density at radius 1 is 1.17 bits per heavy atom. The monoisotopic (exact) mass is 438 g/mol. The third-order valence-corrected chi connectivity index (χ3v) is 5.99. The first-order chi connectivity index (χ1) is 14.3. The lowest BCUT2D eigenvalue weighted by Gasteiger charge is -2.32. The molecule has 0 unspecified atom stereocenters. The van der Waals surface area contributed by atoms with Gasteiger partial charge in [0.2, 0.25) is 10.0 Å². The molecular formula is C20H30N4O5S. The first kappa shape index (κ1) is 22.4. The van der Waals surface area contributed by atoms with Crippen molar-refractivity contribution in [2.75, 3.05) is 61.8 Å². The van der Waals surface area contributed by atoms with Crippen LogP contribution < -0.4 is 14.9 Å². The normalized spacial score (nSPS) is 18.2. The van der Waals surface area contributed by atoms with Crippen LogP contribution in [0.3, 0.4) is 0 Å². The number of ether oxygens (including phenoxy) is 1. The summed E-state index contributed by atoms with van der Waals surface area (Å²) in [4.78, 5) is 28.7. The fourth-order valence-electron chi connectivity index (χ4n) is 3.89. The summed E-state index contributed by atoms with van der Waals surface area (Å²) in [5.41, 5.74) is 1.60. The molecule has 2 aliphatic heterocycles. The van der Waals surface area contributed by atoms with Crippen LogP contribution in [0.1, 0.15) is 30.1 Å². The second kappa shape index (κ2) is 9.65. The number of piperazine rings is 1. The molecule has 9 nitrogen and oxygen atoms in total. The molecule has 2 heterocycles. The number of hydrogen-bond donors (Lipinski definition) is 2. The van der Waals surface area contributed by atoms with E-state index in [9.17, 15) is 18.0 Å². The molecule has 0 bridgehead atoms. The number of likely N-dealkylation sites (tertiary alicyclic amines) is 1. The third kappa shape index (κ3) is 5.63. The van der Waals surface area contributed by atoms with Crippen molar-refractivity contribution in [3.05, 3.63) is 23.8 Å². The SMILES string of the molecule is CCOC(=O)C1CCN(C(=O)c2ccc(N3CCNCC3)c(NS(C)(=O)=O)c2)CC1. The van der Waals surface area contributed by atoms with Gasteiger partial charge in [-0.3, -0.25) is 14.3 Å². The number of benzene rings is 1. The first-order valence-corrected chi connectivity index (χ1v) is 12.2. The summed E-state index contributed by atoms with van der Waals surface area (Å²) in [6.07, 6.45) is 2.24. The van der Waals surface area contributed by atoms with Gasteiger partial charge < -0.3 is 19.9 Å². The highest BCUT2D eigenvalue weighted by molar-refractivity contribution is 7.92. The number of sulfonamides is 1. The minimum Gasteiger partial charge on any atom is -0.466 e. The molecule has 30 heavy (non-hydrogen) atoms. The van der Waals surface area contributed by atoms with Gasteiger partial charge in [-0.1, -0.05) is 0 Å². The zero-order chi connectivity index (χ0) is 21.7. The molecule has 0 radical (unpaired) electrons. The summed E-state index contributed by atoms with van der Waals surface area (Å²) in [5.74, 6) is -0.545. The van der Waals surface area contributed by atoms with E-state index in [1.165, 1.54) is 0 Å². The Kier molecular flexibility index (Phi) is 7.19. The van der Waals surface area contributed by atoms with Crippen LogP contribution in [0.15, 0.2) is 18.2 Å². The molecule has 2 saturated heterocycles. The lowest BCUT2D eigenvalue weighted by atomic mass is 9.96. The van der Waals surface area contributed by atoms with Crippen molar-refractivity contribution in [2.24, 2.45) is 5.92 Å². The molecule has 0 spiro atoms. The molecule has 2 N–H and O–H groups in total. The van der Waals surface area contributed by atoms with Crippen LogP contribution in [0.4, 0.5) is 11.4 Å². The highest BCUT2D eigenvalue weighted by atomic mass is 32.2. The molecule has 0 saturated carbocycles. The molecule has 1 aromatic carbocycles. The van der Waals surface area contributed by atoms with Gasteiger partial charge in [0.25, 0.3) is 5.91 Å². The highest BCUT2D eigenvalue weighted by Crippen LogP contribution is 2.30. The molecule has 0 atom stereocenters. The van der Waals surface area contributed by atoms with Gasteiger partial charge in [-0.15, -0.1) is 0 Å². The topological polar surface area (TPSA) is 108 Å². The minimum atomic E-state index is -3.50. The Balaban J connectivity index is 1.76. The van der Waals surface area contributed by atoms with E-state index in [2.05, 4.69) is 14.9 Å². The third-order valence-electron chi connectivity index (χ3n) is 5.40. The Labute approximate surface area is 177 Å². The summed E-state index contributed by atoms with van der Waals surface area (Å²) in [6, 6.07) is 5.15. The molecular weight excluding hydrogens is 408 g/mol. The lowest BCUT2D eigenvalue weighted by molar-refractivity contribution is -0.149. The molecule has 1 aromatic rings. The zero-order valence-electron chi connectivity index (χ0n) is 17.5. The number of esters is 1. The van der Waals surface area contributed by atoms with Crippen molar-refractivity contribution in [3.63, 3.8) is 0 Å². The second-order valence-electron chi connectivity index (χ2n) is 7.66. The average Bonchev–Trinajstić information content (AvgIpc) is 2.73. The van der Waals surface area contributed by atoms with Crippen molar-refractivity contribution in [1.29, 1.82) is 0 Å². The Hall–Kier alpha value is -2.33. The van der Waals surface area contributed by atoms with Gasteiger partial charge in [-0.25, -0.2) is 8.42 Å². The van der Waals surface area contributed by atoms with Crippen LogP contribution in [0.5, 0.6) is 0 Å². The van der Waals surface area contributed by atoms with Crippen LogP contribution in [0.25, 0.3) is 0 Å². The number of rotatable bonds is 6. The average molecular weight is 439 g/mol. The van der Waals surface area contributed by atoms with Crippen molar-refractivity contribution >= 4 is 33.3 Å². The summed E-state index contributed by atoms with van der Waals surface area (Å²) < 4.78 is 31.4. The van der Waals surface area contributed by atoms with Crippen molar-refractivity contribution in [1.82, 2.24) is 10.2 Å². The van der Waals surface area contributed by atoms with Crippen LogP contribution in [0, 0.1) is 5.92 Å². The molecule has 2 fully saturated rings. The van der Waals surface area contributed by atoms with Crippen molar-refractivity contribution < 1.29 is 22.7 Å². The van der Waals surface area contributed by atoms with Crippen LogP contribution in [-0.2, 0) is 19.6 Å². The Morgan fingerprint density at radius 3 is 2.43 bits per heavy atom. The van der Waals surface area contributed by atoms with E-state index in [0.29, 0.717) is 43.8 Å². The van der Waals surface area contributed by atoms with Crippen LogP contribution in [0.2, 0.25) is 0 Å². The maximum atomic E-state index is 13.0. The van der Waals surface area contributed by atoms with Gasteiger partial charge in [0.1, 0.15) is 0 Å². The first-order valence-electron chi connectivity index (χ1n) is 10.3. The second-order valence-corrected chi connectivity index (χ2v) is 9.41. The van der Waals surface area contributed by atoms with Crippen molar-refractivity contribution in [3.8, 4) is 0 Å². The van der Waals surface area contributed by atoms with Crippen molar-refractivity contribution in [2.45, 2.75) is 19.8 Å². The van der Waals surface area contributed by atoms with Gasteiger partial charge in [-0.2, -0.15) is 0 Å². The van der Waals surface area contributed by atoms with Gasteiger partial charge in [0.05, 0.1) is 30.2 Å². The maximum Gasteiger partial charge on any atom is 0.309 e. The molecule has 166 valence electrons. The molecule has 0 aliphatic carbocycles. The largest absolute Gasteiger partial charge is 0.466 e. The quantitative estimate of drug-likeness (QED) is 0.635. The number of nitrogens with zero attached hydrogens (tertiary/aromatic N) is 2. The minimum absolute atomic E-state index is 0.166. The molecule has 2 aliphatic rings. The predicted octanol–water partition coefficient (Wildman–Crippen LogP) is 0.883. The standard InChI is InChI=1S/C20H30N4O5S/c1-3-29-20(26)15-6-10-24(11-7-15)19(25)16-4-5-18(23-12-8-21-9-13-23)17(14-16)22-30(2,27)28/h4-5,14-15,21-22H,3,6-13H2,1-2H3. The smallest absolute Gasteiger partial charge is 0.309 e. The summed E-state index contributed by atoms with van der Waals surface area (Å²) in [6.45, 7) is 6.21. The zero-order valence-corrected chi connectivity index (χ0v) is 18.3.